The van der Waals surface area contributed by atoms with E-state index < -0.39 is 18.1 Å². The predicted octanol–water partition coefficient (Wildman–Crippen LogP) is 11.8. The first kappa shape index (κ1) is 84.3. The Bertz CT molecular complexity index is 4670. The van der Waals surface area contributed by atoms with Crippen LogP contribution in [0.5, 0.6) is 0 Å². The standard InChI is InChI=1S/C33H47N5O4.C30H42N4O4.C27H37N5O4/c1-3-28(40)27-16-33-17-29(33)38(27)30(41)20-37-32-24(19-34-12-8-5-9-13-42-21-33)14-25(15-26(32)31(36-37)22(2)39)35-18-23-10-6-4-7-11-23;1-5-25(36)24-14-30-15-26(30)34(24)27(37)17-33-29-22(16-31-9-7-6-8-10-38-18-30)12-21(11-19(2)3)13-23(29)28(32-33)20(4)35;1-4-22(34)21-12-27-13-23(27)32(21)24(35)15-31-26-18(14-29-8-6-5-7-9-36-16-27)10-19(28-3)11-20(26)25(30-31)17(2)33/h14-15,23,27,29,34-35H,3-13,16-21H2,1-2H3;12-13,19,24,26,31H,5-11,14-18H2,1-4H3;10-11,21,23,28-29H,4-9,12-16H2,1-3H3/t27-,29+,33-;24-,26+,30-;21-,23+,27-/m000/s1. The summed E-state index contributed by atoms with van der Waals surface area (Å²) in [7, 11) is 1.85. The Kier molecular flexibility index (Phi) is 26.6. The van der Waals surface area contributed by atoms with Crippen LogP contribution in [0, 0.1) is 28.1 Å². The third kappa shape index (κ3) is 18.1. The average Bonchev–Trinajstić information content (AvgIpc) is 1.55. The van der Waals surface area contributed by atoms with E-state index in [1.54, 1.807) is 21.0 Å². The van der Waals surface area contributed by atoms with Gasteiger partial charge in [-0.05, 0) is 200 Å². The summed E-state index contributed by atoms with van der Waals surface area (Å²) in [6, 6.07) is 11.4. The number of carbonyl (C=O) groups is 9. The highest BCUT2D eigenvalue weighted by Crippen LogP contribution is 2.62. The molecule has 0 radical (unpaired) electrons. The summed E-state index contributed by atoms with van der Waals surface area (Å²) >= 11 is 0. The Morgan fingerprint density at radius 3 is 1.18 bits per heavy atom. The lowest BCUT2D eigenvalue weighted by molar-refractivity contribution is -0.139. The molecule has 26 nitrogen and oxygen atoms in total. The molecule has 9 atom stereocenters. The van der Waals surface area contributed by atoms with Crippen LogP contribution in [0.1, 0.15) is 257 Å². The molecule has 3 amide bonds. The molecular formula is C90H126N14O12. The van der Waals surface area contributed by atoms with Crippen LogP contribution in [0.4, 0.5) is 11.4 Å². The lowest BCUT2D eigenvalue weighted by atomic mass is 9.89. The zero-order chi connectivity index (χ0) is 81.7. The van der Waals surface area contributed by atoms with E-state index >= 15 is 0 Å². The zero-order valence-corrected chi connectivity index (χ0v) is 70.3. The maximum Gasteiger partial charge on any atom is 0.245 e. The number of carbonyl (C=O) groups excluding carboxylic acids is 9. The van der Waals surface area contributed by atoms with Gasteiger partial charge in [-0.2, -0.15) is 15.3 Å². The first-order valence-electron chi connectivity index (χ1n) is 43.9. The fraction of sp³-hybridized carbons (Fsp3) is 0.667. The van der Waals surface area contributed by atoms with Gasteiger partial charge in [0.05, 0.1) is 54.5 Å². The summed E-state index contributed by atoms with van der Waals surface area (Å²) < 4.78 is 23.4. The highest BCUT2D eigenvalue weighted by atomic mass is 16.5. The van der Waals surface area contributed by atoms with E-state index in [4.69, 9.17) is 24.4 Å². The molecule has 5 N–H and O–H groups in total. The molecule has 6 aliphatic heterocycles. The van der Waals surface area contributed by atoms with Crippen LogP contribution < -0.4 is 26.6 Å². The molecule has 26 heteroatoms. The summed E-state index contributed by atoms with van der Waals surface area (Å²) in [6.07, 6.45) is 22.7. The predicted molar refractivity (Wildman–Crippen MR) is 446 cm³/mol. The SMILES string of the molecule is CCC(=O)[C@@H]1C[C@]23COCCCCCNCc4cc(CC(C)C)cc5c(C(C)=O)nn(c45)CC(=O)N1[C@@H]2C3.CCC(=O)[C@@H]1C[C@]23COCCCCCNCc4cc(NC)cc5c(C(C)=O)nn(c45)CC(=O)N1[C@@H]2C3.CCC(=O)[C@@H]1C[C@]23COCCCCCNCc4cc(NCC5CCCCC5)cc5c(C(C)=O)nn(c45)CC(=O)N1[C@@H]2C3. The van der Waals surface area contributed by atoms with E-state index in [1.165, 1.54) is 51.5 Å². The van der Waals surface area contributed by atoms with Crippen molar-refractivity contribution in [1.29, 1.82) is 0 Å². The second-order valence-corrected chi connectivity index (χ2v) is 35.8. The molecule has 116 heavy (non-hydrogen) atoms. The number of rotatable bonds is 15. The van der Waals surface area contributed by atoms with Gasteiger partial charge in [0.25, 0.3) is 0 Å². The van der Waals surface area contributed by atoms with Gasteiger partial charge in [0, 0.05) is 155 Å². The van der Waals surface area contributed by atoms with Gasteiger partial charge in [-0.3, -0.25) is 57.2 Å². The molecule has 0 unspecified atom stereocenters. The maximum absolute atomic E-state index is 14.0. The Morgan fingerprint density at radius 1 is 0.466 bits per heavy atom. The molecule has 3 saturated heterocycles. The lowest BCUT2D eigenvalue weighted by Gasteiger charge is -2.26. The van der Waals surface area contributed by atoms with Gasteiger partial charge in [-0.25, -0.2) is 0 Å². The van der Waals surface area contributed by atoms with Gasteiger partial charge in [-0.1, -0.05) is 59.9 Å². The van der Waals surface area contributed by atoms with Crippen LogP contribution in [0.3, 0.4) is 0 Å². The Morgan fingerprint density at radius 2 is 0.819 bits per heavy atom. The van der Waals surface area contributed by atoms with Crippen molar-refractivity contribution >= 4 is 96.5 Å². The van der Waals surface area contributed by atoms with Gasteiger partial charge in [0.15, 0.2) is 34.7 Å². The summed E-state index contributed by atoms with van der Waals surface area (Å²) in [5.74, 6) is 0.776. The van der Waals surface area contributed by atoms with Crippen molar-refractivity contribution in [2.45, 2.75) is 285 Å². The number of Topliss-reactive ketones (excluding diaryl/α,β-unsaturated/α-hetero) is 6. The van der Waals surface area contributed by atoms with Crippen molar-refractivity contribution in [3.8, 4) is 0 Å². The molecule has 6 bridgehead atoms. The highest BCUT2D eigenvalue weighted by Gasteiger charge is 2.69. The topological polar surface area (TPSA) is 305 Å². The number of piperidine rings is 3. The summed E-state index contributed by atoms with van der Waals surface area (Å²) in [5.41, 5.74) is 9.46. The van der Waals surface area contributed by atoms with Gasteiger partial charge in [0.1, 0.15) is 36.7 Å². The second-order valence-electron chi connectivity index (χ2n) is 35.8. The number of ketones is 6. The van der Waals surface area contributed by atoms with E-state index in [0.717, 1.165) is 177 Å². The van der Waals surface area contributed by atoms with Crippen LogP contribution in [0.2, 0.25) is 0 Å². The Balaban J connectivity index is 0.000000144. The number of hydrogen-bond donors (Lipinski definition) is 5. The third-order valence-corrected chi connectivity index (χ3v) is 26.8. The Labute approximate surface area is 682 Å². The lowest BCUT2D eigenvalue weighted by Crippen LogP contribution is -2.44. The number of amides is 3. The van der Waals surface area contributed by atoms with Gasteiger partial charge < -0.3 is 55.5 Å². The molecule has 7 fully saturated rings. The van der Waals surface area contributed by atoms with Gasteiger partial charge in [-0.15, -0.1) is 0 Å². The highest BCUT2D eigenvalue weighted by molar-refractivity contribution is 6.09. The number of aromatic nitrogens is 6. The number of nitrogens with zero attached hydrogens (tertiary/aromatic N) is 9. The molecule has 4 aliphatic carbocycles. The van der Waals surface area contributed by atoms with Gasteiger partial charge >= 0.3 is 0 Å². The molecule has 628 valence electrons. The first-order valence-corrected chi connectivity index (χ1v) is 43.9. The van der Waals surface area contributed by atoms with E-state index in [0.29, 0.717) is 120 Å². The molecule has 6 aromatic rings. The monoisotopic (exact) mass is 1590 g/mol. The number of nitrogens with one attached hydrogen (secondary N) is 5. The third-order valence-electron chi connectivity index (χ3n) is 26.8. The molecule has 0 spiro atoms. The van der Waals surface area contributed by atoms with Crippen LogP contribution >= 0.6 is 0 Å². The minimum absolute atomic E-state index is 0.00336. The second kappa shape index (κ2) is 36.6. The normalized spacial score (nSPS) is 27.0. The first-order chi connectivity index (χ1) is 56.0. The summed E-state index contributed by atoms with van der Waals surface area (Å²) in [5, 5.41) is 34.0. The Hall–Kier alpha value is -8.14. The molecule has 9 heterocycles. The van der Waals surface area contributed by atoms with Crippen molar-refractivity contribution in [1.82, 2.24) is 60.0 Å². The molecule has 3 aromatic carbocycles. The molecule has 16 rings (SSSR count). The number of benzene rings is 3. The molecule has 3 aromatic heterocycles. The van der Waals surface area contributed by atoms with E-state index in [9.17, 15) is 43.2 Å². The molecular weight excluding hydrogens is 1470 g/mol. The van der Waals surface area contributed by atoms with Crippen molar-refractivity contribution in [3.05, 3.63) is 75.7 Å². The number of hydrogen-bond acceptors (Lipinski definition) is 20. The van der Waals surface area contributed by atoms with Crippen molar-refractivity contribution < 1.29 is 57.4 Å². The summed E-state index contributed by atoms with van der Waals surface area (Å²) in [6.45, 7) is 24.0. The molecule has 10 aliphatic rings. The van der Waals surface area contributed by atoms with Crippen molar-refractivity contribution in [3.63, 3.8) is 0 Å². The maximum atomic E-state index is 14.0. The molecule has 4 saturated carbocycles. The van der Waals surface area contributed by atoms with E-state index in [2.05, 4.69) is 69.8 Å². The van der Waals surface area contributed by atoms with Gasteiger partial charge in [0.2, 0.25) is 17.7 Å². The minimum atomic E-state index is -0.408. The smallest absolute Gasteiger partial charge is 0.245 e. The van der Waals surface area contributed by atoms with Crippen LogP contribution in [0.15, 0.2) is 36.4 Å². The van der Waals surface area contributed by atoms with Crippen LogP contribution in [-0.2, 0) is 88.7 Å². The largest absolute Gasteiger partial charge is 0.388 e. The summed E-state index contributed by atoms with van der Waals surface area (Å²) in [4.78, 5) is 124. The van der Waals surface area contributed by atoms with Crippen LogP contribution in [0.25, 0.3) is 32.7 Å². The fourth-order valence-corrected chi connectivity index (χ4v) is 20.4. The average molecular weight is 1600 g/mol. The van der Waals surface area contributed by atoms with Crippen molar-refractivity contribution in [2.75, 3.05) is 83.5 Å². The van der Waals surface area contributed by atoms with E-state index in [1.807, 2.05) is 54.7 Å². The van der Waals surface area contributed by atoms with Crippen molar-refractivity contribution in [2.24, 2.45) is 28.1 Å². The van der Waals surface area contributed by atoms with Crippen LogP contribution in [-0.4, -0.2) is 206 Å². The zero-order valence-electron chi connectivity index (χ0n) is 70.3. The number of anilines is 2. The fourth-order valence-electron chi connectivity index (χ4n) is 20.4. The minimum Gasteiger partial charge on any atom is -0.388 e. The number of ether oxygens (including phenoxy) is 3. The quantitative estimate of drug-likeness (QED) is 0.0597. The van der Waals surface area contributed by atoms with E-state index in [-0.39, 0.29) is 106 Å².